The smallest absolute Gasteiger partial charge is 0.395 e. The molecule has 0 unspecified atom stereocenters. The largest absolute Gasteiger partial charge is 0.416 e. The molecule has 178 valence electrons. The Hall–Kier alpha value is -4.25. The Morgan fingerprint density at radius 1 is 0.914 bits per heavy atom. The van der Waals surface area contributed by atoms with E-state index in [4.69, 9.17) is 0 Å². The number of aliphatic hydroxyl groups is 1. The van der Waals surface area contributed by atoms with Crippen molar-refractivity contribution in [2.45, 2.75) is 12.7 Å². The normalized spacial score (nSPS) is 11.8. The number of hydrogen-bond acceptors (Lipinski definition) is 7. The van der Waals surface area contributed by atoms with Crippen molar-refractivity contribution in [3.63, 3.8) is 0 Å². The summed E-state index contributed by atoms with van der Waals surface area (Å²) in [6.45, 7) is 0.409. The average molecular weight is 479 g/mol. The highest BCUT2D eigenvalue weighted by molar-refractivity contribution is 5.93. The number of hydrogen-bond donors (Lipinski definition) is 3. The predicted molar refractivity (Wildman–Crippen MR) is 126 cm³/mol. The maximum atomic E-state index is 12.9. The molecule has 0 amide bonds. The molecule has 0 aliphatic rings. The first-order chi connectivity index (χ1) is 16.9. The van der Waals surface area contributed by atoms with Crippen LogP contribution in [-0.2, 0) is 12.7 Å². The van der Waals surface area contributed by atoms with Crippen LogP contribution in [0.15, 0.2) is 67.1 Å². The van der Waals surface area contributed by atoms with Crippen LogP contribution < -0.4 is 10.6 Å². The van der Waals surface area contributed by atoms with E-state index in [1.54, 1.807) is 17.1 Å². The Morgan fingerprint density at radius 3 is 2.49 bits per heavy atom. The van der Waals surface area contributed by atoms with Gasteiger partial charge in [-0.3, -0.25) is 0 Å². The van der Waals surface area contributed by atoms with Gasteiger partial charge < -0.3 is 20.3 Å². The number of aliphatic hydroxyl groups excluding tert-OH is 1. The second-order valence-corrected chi connectivity index (χ2v) is 7.79. The lowest BCUT2D eigenvalue weighted by Crippen LogP contribution is -2.10. The minimum absolute atomic E-state index is 0.106. The van der Waals surface area contributed by atoms with Gasteiger partial charge in [0, 0.05) is 18.1 Å². The molecule has 5 rings (SSSR count). The fourth-order valence-electron chi connectivity index (χ4n) is 3.73. The monoisotopic (exact) mass is 479 g/mol. The van der Waals surface area contributed by atoms with Gasteiger partial charge in [-0.15, -0.1) is 0 Å². The summed E-state index contributed by atoms with van der Waals surface area (Å²) < 4.78 is 40.4. The summed E-state index contributed by atoms with van der Waals surface area (Å²) in [6.07, 6.45) is -1.15. The average Bonchev–Trinajstić information content (AvgIpc) is 3.25. The van der Waals surface area contributed by atoms with Gasteiger partial charge in [0.1, 0.15) is 5.82 Å². The Morgan fingerprint density at radius 2 is 1.71 bits per heavy atom. The van der Waals surface area contributed by atoms with Crippen molar-refractivity contribution >= 4 is 39.5 Å². The fourth-order valence-corrected chi connectivity index (χ4v) is 3.73. The van der Waals surface area contributed by atoms with Crippen LogP contribution in [0.3, 0.4) is 0 Å². The Labute approximate surface area is 197 Å². The number of imidazole rings is 1. The first kappa shape index (κ1) is 22.5. The Bertz CT molecular complexity index is 1480. The van der Waals surface area contributed by atoms with Gasteiger partial charge >= 0.3 is 6.18 Å². The summed E-state index contributed by atoms with van der Waals surface area (Å²) >= 11 is 0. The van der Waals surface area contributed by atoms with Crippen molar-refractivity contribution in [2.24, 2.45) is 0 Å². The van der Waals surface area contributed by atoms with E-state index in [2.05, 4.69) is 30.6 Å². The molecule has 8 nitrogen and oxygen atoms in total. The van der Waals surface area contributed by atoms with E-state index in [0.717, 1.165) is 22.9 Å². The van der Waals surface area contributed by atoms with E-state index in [9.17, 15) is 18.3 Å². The van der Waals surface area contributed by atoms with Crippen molar-refractivity contribution in [3.8, 4) is 0 Å². The van der Waals surface area contributed by atoms with Crippen molar-refractivity contribution in [1.82, 2.24) is 24.5 Å². The summed E-state index contributed by atoms with van der Waals surface area (Å²) in [7, 11) is 0. The molecule has 0 atom stereocenters. The highest BCUT2D eigenvalue weighted by Gasteiger charge is 2.30. The second-order valence-electron chi connectivity index (χ2n) is 7.79. The maximum absolute atomic E-state index is 12.9. The Balaban J connectivity index is 1.52. The van der Waals surface area contributed by atoms with Crippen LogP contribution in [0.2, 0.25) is 0 Å². The molecule has 2 aromatic carbocycles. The molecule has 11 heteroatoms. The number of anilines is 3. The topological polar surface area (TPSA) is 101 Å². The lowest BCUT2D eigenvalue weighted by Gasteiger charge is -2.12. The lowest BCUT2D eigenvalue weighted by molar-refractivity contribution is -0.137. The highest BCUT2D eigenvalue weighted by Crippen LogP contribution is 2.30. The first-order valence-electron chi connectivity index (χ1n) is 10.8. The van der Waals surface area contributed by atoms with Crippen LogP contribution in [0.5, 0.6) is 0 Å². The molecule has 35 heavy (non-hydrogen) atoms. The van der Waals surface area contributed by atoms with Crippen molar-refractivity contribution in [2.75, 3.05) is 23.8 Å². The Kier molecular flexibility index (Phi) is 5.91. The van der Waals surface area contributed by atoms with E-state index in [0.29, 0.717) is 28.4 Å². The van der Waals surface area contributed by atoms with Crippen molar-refractivity contribution in [3.05, 3.63) is 78.2 Å². The van der Waals surface area contributed by atoms with Crippen LogP contribution in [0.25, 0.3) is 21.9 Å². The van der Waals surface area contributed by atoms with Gasteiger partial charge in [-0.05, 0) is 29.1 Å². The van der Waals surface area contributed by atoms with Crippen LogP contribution in [0.4, 0.5) is 30.8 Å². The van der Waals surface area contributed by atoms with E-state index >= 15 is 0 Å². The first-order valence-corrected chi connectivity index (χ1v) is 10.8. The number of rotatable bonds is 7. The van der Waals surface area contributed by atoms with Crippen LogP contribution in [0, 0.1) is 0 Å². The zero-order valence-corrected chi connectivity index (χ0v) is 18.3. The van der Waals surface area contributed by atoms with E-state index in [1.165, 1.54) is 12.1 Å². The zero-order valence-electron chi connectivity index (χ0n) is 18.3. The molecule has 0 spiro atoms. The summed E-state index contributed by atoms with van der Waals surface area (Å²) in [5.41, 5.74) is 0.902. The number of nitrogens with one attached hydrogen (secondary N) is 2. The molecule has 5 aromatic rings. The molecular weight excluding hydrogens is 459 g/mol. The third-order valence-electron chi connectivity index (χ3n) is 5.41. The minimum Gasteiger partial charge on any atom is -0.395 e. The SMILES string of the molecule is OCCNc1nc(Nc2nccc3ccccc23)nc2c1ncn2Cc1ccc(C(F)(F)F)cc1. The summed E-state index contributed by atoms with van der Waals surface area (Å²) in [4.78, 5) is 17.9. The van der Waals surface area contributed by atoms with Gasteiger partial charge in [0.05, 0.1) is 25.0 Å². The van der Waals surface area contributed by atoms with E-state index < -0.39 is 11.7 Å². The minimum atomic E-state index is -4.39. The molecule has 3 N–H and O–H groups in total. The number of aromatic nitrogens is 5. The highest BCUT2D eigenvalue weighted by atomic mass is 19.4. The molecule has 0 saturated carbocycles. The predicted octanol–water partition coefficient (Wildman–Crippen LogP) is 4.59. The van der Waals surface area contributed by atoms with Gasteiger partial charge in [-0.2, -0.15) is 23.1 Å². The quantitative estimate of drug-likeness (QED) is 0.314. The number of pyridine rings is 1. The maximum Gasteiger partial charge on any atom is 0.416 e. The number of benzene rings is 2. The lowest BCUT2D eigenvalue weighted by atomic mass is 10.1. The van der Waals surface area contributed by atoms with Gasteiger partial charge in [0.2, 0.25) is 5.95 Å². The van der Waals surface area contributed by atoms with Gasteiger partial charge in [0.15, 0.2) is 17.0 Å². The van der Waals surface area contributed by atoms with Crippen LogP contribution >= 0.6 is 0 Å². The second kappa shape index (κ2) is 9.18. The molecule has 0 saturated heterocycles. The summed E-state index contributed by atoms with van der Waals surface area (Å²) in [6, 6.07) is 14.6. The number of fused-ring (bicyclic) bond motifs is 2. The van der Waals surface area contributed by atoms with E-state index in [1.807, 2.05) is 30.3 Å². The van der Waals surface area contributed by atoms with Crippen LogP contribution in [0.1, 0.15) is 11.1 Å². The third-order valence-corrected chi connectivity index (χ3v) is 5.41. The molecular formula is C24H20F3N7O. The van der Waals surface area contributed by atoms with Gasteiger partial charge in [0.25, 0.3) is 0 Å². The van der Waals surface area contributed by atoms with Gasteiger partial charge in [-0.25, -0.2) is 9.97 Å². The summed E-state index contributed by atoms with van der Waals surface area (Å²) in [5.74, 6) is 1.25. The molecule has 3 heterocycles. The zero-order chi connectivity index (χ0) is 24.4. The molecule has 0 aliphatic heterocycles. The van der Waals surface area contributed by atoms with Crippen LogP contribution in [-0.4, -0.2) is 42.8 Å². The fraction of sp³-hybridized carbons (Fsp3) is 0.167. The van der Waals surface area contributed by atoms with E-state index in [-0.39, 0.29) is 25.6 Å². The molecule has 0 aliphatic carbocycles. The summed E-state index contributed by atoms with van der Waals surface area (Å²) in [5, 5.41) is 17.4. The van der Waals surface area contributed by atoms with Crippen molar-refractivity contribution in [1.29, 1.82) is 0 Å². The number of nitrogens with zero attached hydrogens (tertiary/aromatic N) is 5. The van der Waals surface area contributed by atoms with Crippen molar-refractivity contribution < 1.29 is 18.3 Å². The number of halogens is 3. The molecule has 3 aromatic heterocycles. The number of alkyl halides is 3. The third kappa shape index (κ3) is 4.71. The molecule has 0 bridgehead atoms. The van der Waals surface area contributed by atoms with Gasteiger partial charge in [-0.1, -0.05) is 36.4 Å². The molecule has 0 fully saturated rings. The molecule has 0 radical (unpaired) electrons. The standard InChI is InChI=1S/C24H20F3N7O/c25-24(26,27)17-7-5-15(6-8-17)13-34-14-30-19-21(29-11-12-35)32-23(33-22(19)34)31-20-18-4-2-1-3-16(18)9-10-28-20/h1-10,14,35H,11-13H2,(H2,28,29,31,32,33).